The van der Waals surface area contributed by atoms with E-state index in [-0.39, 0.29) is 0 Å². The first-order valence-corrected chi connectivity index (χ1v) is 7.23. The molecule has 21 heavy (non-hydrogen) atoms. The molecule has 1 N–H and O–H groups in total. The summed E-state index contributed by atoms with van der Waals surface area (Å²) in [4.78, 5) is 0. The lowest BCUT2D eigenvalue weighted by Crippen LogP contribution is -1.95. The first-order chi connectivity index (χ1) is 10.2. The minimum atomic E-state index is 1.12. The van der Waals surface area contributed by atoms with E-state index in [1.54, 1.807) is 0 Å². The topological polar surface area (TPSA) is 12.0 Å². The fourth-order valence-corrected chi connectivity index (χ4v) is 2.53. The van der Waals surface area contributed by atoms with Crippen molar-refractivity contribution in [3.63, 3.8) is 0 Å². The van der Waals surface area contributed by atoms with E-state index in [0.717, 1.165) is 5.69 Å². The van der Waals surface area contributed by atoms with E-state index in [1.807, 2.05) is 6.07 Å². The van der Waals surface area contributed by atoms with Gasteiger partial charge in [0.1, 0.15) is 0 Å². The molecule has 0 fully saturated rings. The summed E-state index contributed by atoms with van der Waals surface area (Å²) in [6, 6.07) is 25.4. The Morgan fingerprint density at radius 2 is 1.14 bits per heavy atom. The van der Waals surface area contributed by atoms with Crippen LogP contribution in [-0.4, -0.2) is 0 Å². The Bertz CT molecular complexity index is 707. The highest BCUT2D eigenvalue weighted by Crippen LogP contribution is 2.26. The maximum atomic E-state index is 3.52. The second-order valence-corrected chi connectivity index (χ2v) is 5.34. The Labute approximate surface area is 126 Å². The Hall–Kier alpha value is -2.54. The van der Waals surface area contributed by atoms with Crippen molar-refractivity contribution in [1.29, 1.82) is 0 Å². The lowest BCUT2D eigenvalue weighted by Gasteiger charge is -2.13. The van der Waals surface area contributed by atoms with Crippen LogP contribution in [0.5, 0.6) is 0 Å². The number of anilines is 2. The molecule has 3 rings (SSSR count). The van der Waals surface area contributed by atoms with Gasteiger partial charge in [-0.05, 0) is 48.2 Å². The Morgan fingerprint density at radius 3 is 1.76 bits per heavy atom. The zero-order valence-corrected chi connectivity index (χ0v) is 12.4. The minimum Gasteiger partial charge on any atom is -0.355 e. The summed E-state index contributed by atoms with van der Waals surface area (Å²) in [5.74, 6) is 0. The zero-order valence-electron chi connectivity index (χ0n) is 12.4. The molecule has 0 aromatic heterocycles. The summed E-state index contributed by atoms with van der Waals surface area (Å²) in [6.07, 6.45) is 0. The molecule has 104 valence electrons. The van der Waals surface area contributed by atoms with E-state index in [9.17, 15) is 0 Å². The highest BCUT2D eigenvalue weighted by Gasteiger charge is 2.03. The molecular formula is C20H19N. The molecule has 0 spiro atoms. The van der Waals surface area contributed by atoms with E-state index < -0.39 is 0 Å². The second kappa shape index (κ2) is 5.84. The van der Waals surface area contributed by atoms with Gasteiger partial charge in [0.15, 0.2) is 0 Å². The predicted octanol–water partition coefficient (Wildman–Crippen LogP) is 5.71. The molecule has 0 aliphatic rings. The summed E-state index contributed by atoms with van der Waals surface area (Å²) in [7, 11) is 0. The number of aryl methyl sites for hydroxylation is 2. The number of hydrogen-bond donors (Lipinski definition) is 1. The third kappa shape index (κ3) is 2.97. The van der Waals surface area contributed by atoms with Gasteiger partial charge in [-0.25, -0.2) is 0 Å². The number of hydrogen-bond acceptors (Lipinski definition) is 1. The molecular weight excluding hydrogens is 254 g/mol. The molecule has 0 aliphatic heterocycles. The second-order valence-electron chi connectivity index (χ2n) is 5.34. The molecule has 0 unspecified atom stereocenters. The molecule has 0 radical (unpaired) electrons. The lowest BCUT2D eigenvalue weighted by molar-refractivity contribution is 1.36. The van der Waals surface area contributed by atoms with Crippen LogP contribution in [0.1, 0.15) is 11.1 Å². The summed E-state index contributed by atoms with van der Waals surface area (Å²) >= 11 is 0. The average molecular weight is 273 g/mol. The summed E-state index contributed by atoms with van der Waals surface area (Å²) < 4.78 is 0. The quantitative estimate of drug-likeness (QED) is 0.644. The van der Waals surface area contributed by atoms with Gasteiger partial charge in [0, 0.05) is 11.4 Å². The first-order valence-electron chi connectivity index (χ1n) is 7.23. The summed E-state index contributed by atoms with van der Waals surface area (Å²) in [5, 5.41) is 3.52. The molecule has 0 saturated heterocycles. The summed E-state index contributed by atoms with van der Waals surface area (Å²) in [5.41, 5.74) is 7.33. The first kappa shape index (κ1) is 13.4. The van der Waals surface area contributed by atoms with Gasteiger partial charge < -0.3 is 5.32 Å². The Morgan fingerprint density at radius 1 is 0.571 bits per heavy atom. The van der Waals surface area contributed by atoms with E-state index in [4.69, 9.17) is 0 Å². The van der Waals surface area contributed by atoms with Crippen molar-refractivity contribution in [2.24, 2.45) is 0 Å². The zero-order chi connectivity index (χ0) is 14.7. The maximum Gasteiger partial charge on any atom is 0.0443 e. The van der Waals surface area contributed by atoms with Gasteiger partial charge in [0.2, 0.25) is 0 Å². The SMILES string of the molecule is Cc1cccc(C)c1Nc1ccc(-c2ccccc2)cc1. The molecule has 0 saturated carbocycles. The van der Waals surface area contributed by atoms with Crippen LogP contribution in [0.4, 0.5) is 11.4 Å². The van der Waals surface area contributed by atoms with E-state index >= 15 is 0 Å². The minimum absolute atomic E-state index is 1.12. The Kier molecular flexibility index (Phi) is 3.74. The molecule has 0 bridgehead atoms. The third-order valence-corrected chi connectivity index (χ3v) is 3.74. The number of rotatable bonds is 3. The van der Waals surface area contributed by atoms with Gasteiger partial charge in [-0.2, -0.15) is 0 Å². The molecule has 1 nitrogen and oxygen atoms in total. The number of benzene rings is 3. The van der Waals surface area contributed by atoms with Crippen molar-refractivity contribution in [2.75, 3.05) is 5.32 Å². The van der Waals surface area contributed by atoms with Gasteiger partial charge in [0.25, 0.3) is 0 Å². The number of para-hydroxylation sites is 1. The predicted molar refractivity (Wildman–Crippen MR) is 91.1 cm³/mol. The molecule has 0 heterocycles. The molecule has 1 heteroatoms. The lowest BCUT2D eigenvalue weighted by atomic mass is 10.1. The van der Waals surface area contributed by atoms with Crippen LogP contribution in [-0.2, 0) is 0 Å². The number of nitrogens with one attached hydrogen (secondary N) is 1. The maximum absolute atomic E-state index is 3.52. The van der Waals surface area contributed by atoms with Crippen molar-refractivity contribution < 1.29 is 0 Å². The van der Waals surface area contributed by atoms with E-state index in [1.165, 1.54) is 27.9 Å². The molecule has 0 aliphatic carbocycles. The molecule has 3 aromatic rings. The van der Waals surface area contributed by atoms with Gasteiger partial charge in [-0.1, -0.05) is 60.7 Å². The monoisotopic (exact) mass is 273 g/mol. The van der Waals surface area contributed by atoms with Crippen molar-refractivity contribution in [2.45, 2.75) is 13.8 Å². The summed E-state index contributed by atoms with van der Waals surface area (Å²) in [6.45, 7) is 4.27. The normalized spacial score (nSPS) is 10.4. The van der Waals surface area contributed by atoms with Gasteiger partial charge in [-0.15, -0.1) is 0 Å². The van der Waals surface area contributed by atoms with Crippen LogP contribution in [0.25, 0.3) is 11.1 Å². The largest absolute Gasteiger partial charge is 0.355 e. The van der Waals surface area contributed by atoms with Crippen molar-refractivity contribution in [3.05, 3.63) is 83.9 Å². The van der Waals surface area contributed by atoms with Crippen LogP contribution in [0.2, 0.25) is 0 Å². The highest BCUT2D eigenvalue weighted by atomic mass is 14.9. The van der Waals surface area contributed by atoms with E-state index in [0.29, 0.717) is 0 Å². The van der Waals surface area contributed by atoms with Gasteiger partial charge in [0.05, 0.1) is 0 Å². The van der Waals surface area contributed by atoms with Crippen molar-refractivity contribution in [1.82, 2.24) is 0 Å². The standard InChI is InChI=1S/C20H19N/c1-15-7-6-8-16(2)20(15)21-19-13-11-18(12-14-19)17-9-4-3-5-10-17/h3-14,21H,1-2H3. The fraction of sp³-hybridized carbons (Fsp3) is 0.100. The van der Waals surface area contributed by atoms with Crippen LogP contribution >= 0.6 is 0 Å². The van der Waals surface area contributed by atoms with Crippen molar-refractivity contribution >= 4 is 11.4 Å². The van der Waals surface area contributed by atoms with Crippen molar-refractivity contribution in [3.8, 4) is 11.1 Å². The average Bonchev–Trinajstić information content (AvgIpc) is 2.53. The van der Waals surface area contributed by atoms with Gasteiger partial charge in [-0.3, -0.25) is 0 Å². The smallest absolute Gasteiger partial charge is 0.0443 e. The highest BCUT2D eigenvalue weighted by molar-refractivity contribution is 5.70. The fourth-order valence-electron chi connectivity index (χ4n) is 2.53. The van der Waals surface area contributed by atoms with E-state index in [2.05, 4.69) is 85.9 Å². The van der Waals surface area contributed by atoms with Crippen LogP contribution in [0.3, 0.4) is 0 Å². The Balaban J connectivity index is 1.85. The van der Waals surface area contributed by atoms with Crippen LogP contribution in [0.15, 0.2) is 72.8 Å². The van der Waals surface area contributed by atoms with Gasteiger partial charge >= 0.3 is 0 Å². The van der Waals surface area contributed by atoms with Crippen LogP contribution < -0.4 is 5.32 Å². The molecule has 0 amide bonds. The molecule has 3 aromatic carbocycles. The molecule has 0 atom stereocenters. The van der Waals surface area contributed by atoms with Crippen LogP contribution in [0, 0.1) is 13.8 Å². The third-order valence-electron chi connectivity index (χ3n) is 3.74.